The number of carbonyl (C=O) groups is 1. The largest absolute Gasteiger partial charge is 0.335 e. The van der Waals surface area contributed by atoms with Crippen LogP contribution in [0.2, 0.25) is 0 Å². The van der Waals surface area contributed by atoms with Gasteiger partial charge >= 0.3 is 6.03 Å². The first-order chi connectivity index (χ1) is 12.5. The minimum absolute atomic E-state index is 0.408. The van der Waals surface area contributed by atoms with Crippen molar-refractivity contribution >= 4 is 21.7 Å². The monoisotopic (exact) mass is 377 g/mol. The number of carbonyl (C=O) groups excluding carboxylic acids is 1. The molecule has 2 amide bonds. The van der Waals surface area contributed by atoms with Crippen LogP contribution in [0.25, 0.3) is 0 Å². The molecule has 1 aromatic rings. The highest BCUT2D eigenvalue weighted by molar-refractivity contribution is 7.90. The van der Waals surface area contributed by atoms with Gasteiger partial charge in [0.1, 0.15) is 0 Å². The number of rotatable bonds is 4. The number of fused-ring (bicyclic) bond motifs is 2. The third-order valence-corrected chi connectivity index (χ3v) is 7.70. The molecule has 4 rings (SSSR count). The highest BCUT2D eigenvalue weighted by Gasteiger charge is 2.34. The van der Waals surface area contributed by atoms with Crippen LogP contribution in [0, 0.1) is 0 Å². The zero-order valence-corrected chi connectivity index (χ0v) is 16.1. The number of amides is 2. The van der Waals surface area contributed by atoms with Crippen LogP contribution in [0.1, 0.15) is 48.4 Å². The molecule has 2 N–H and O–H groups in total. The average Bonchev–Trinajstić information content (AvgIpc) is 3.35. The molecular formula is C19H27N3O3S. The van der Waals surface area contributed by atoms with Gasteiger partial charge in [-0.05, 0) is 80.7 Å². The van der Waals surface area contributed by atoms with Gasteiger partial charge in [0.15, 0.2) is 0 Å². The lowest BCUT2D eigenvalue weighted by molar-refractivity contribution is 0.251. The lowest BCUT2D eigenvalue weighted by atomic mass is 9.98. The van der Waals surface area contributed by atoms with Gasteiger partial charge in [-0.25, -0.2) is 17.9 Å². The summed E-state index contributed by atoms with van der Waals surface area (Å²) in [4.78, 5) is 14.6. The van der Waals surface area contributed by atoms with Crippen LogP contribution in [0.3, 0.4) is 0 Å². The Morgan fingerprint density at radius 2 is 1.85 bits per heavy atom. The lowest BCUT2D eigenvalue weighted by Crippen LogP contribution is -2.47. The van der Waals surface area contributed by atoms with Gasteiger partial charge in [-0.3, -0.25) is 4.90 Å². The van der Waals surface area contributed by atoms with Crippen LogP contribution >= 0.6 is 0 Å². The van der Waals surface area contributed by atoms with Crippen LogP contribution in [-0.4, -0.2) is 39.3 Å². The maximum absolute atomic E-state index is 13.0. The molecule has 1 aromatic carbocycles. The number of nitrogens with zero attached hydrogens (tertiary/aromatic N) is 1. The Kier molecular flexibility index (Phi) is 4.69. The van der Waals surface area contributed by atoms with Gasteiger partial charge in [0, 0.05) is 13.1 Å². The van der Waals surface area contributed by atoms with Crippen LogP contribution in [-0.2, 0) is 35.7 Å². The van der Waals surface area contributed by atoms with Crippen molar-refractivity contribution in [1.29, 1.82) is 0 Å². The summed E-state index contributed by atoms with van der Waals surface area (Å²) in [5.41, 5.74) is 6.18. The lowest BCUT2D eigenvalue weighted by Gasteiger charge is -2.27. The molecule has 1 fully saturated rings. The SMILES string of the molecule is CCN(C(=O)NS(=O)(=O)C1CCNC1)c1c2c(cc3c1CCC3)CCC2. The first kappa shape index (κ1) is 17.8. The fraction of sp³-hybridized carbons (Fsp3) is 0.632. The Labute approximate surface area is 155 Å². The molecule has 0 saturated carbocycles. The predicted molar refractivity (Wildman–Crippen MR) is 102 cm³/mol. The number of sulfonamides is 1. The minimum atomic E-state index is -3.65. The van der Waals surface area contributed by atoms with Gasteiger partial charge in [0.2, 0.25) is 10.0 Å². The van der Waals surface area contributed by atoms with E-state index in [1.807, 2.05) is 6.92 Å². The minimum Gasteiger partial charge on any atom is -0.315 e. The molecule has 0 aromatic heterocycles. The van der Waals surface area contributed by atoms with Gasteiger partial charge < -0.3 is 5.32 Å². The quantitative estimate of drug-likeness (QED) is 0.840. The summed E-state index contributed by atoms with van der Waals surface area (Å²) in [7, 11) is -3.65. The normalized spacial score (nSPS) is 21.5. The highest BCUT2D eigenvalue weighted by Crippen LogP contribution is 2.40. The van der Waals surface area contributed by atoms with Crippen LogP contribution < -0.4 is 14.9 Å². The summed E-state index contributed by atoms with van der Waals surface area (Å²) in [5, 5.41) is 2.52. The molecule has 0 spiro atoms. The third-order valence-electron chi connectivity index (χ3n) is 5.96. The number of anilines is 1. The number of hydrogen-bond acceptors (Lipinski definition) is 4. The Morgan fingerprint density at radius 1 is 1.19 bits per heavy atom. The van der Waals surface area contributed by atoms with Gasteiger partial charge in [0.25, 0.3) is 0 Å². The second kappa shape index (κ2) is 6.85. The second-order valence-electron chi connectivity index (χ2n) is 7.52. The van der Waals surface area contributed by atoms with Crippen molar-refractivity contribution in [3.8, 4) is 0 Å². The molecular weight excluding hydrogens is 350 g/mol. The summed E-state index contributed by atoms with van der Waals surface area (Å²) in [6.07, 6.45) is 6.82. The summed E-state index contributed by atoms with van der Waals surface area (Å²) in [6, 6.07) is 1.81. The summed E-state index contributed by atoms with van der Waals surface area (Å²) < 4.78 is 27.5. The highest BCUT2D eigenvalue weighted by atomic mass is 32.2. The van der Waals surface area contributed by atoms with Gasteiger partial charge in [-0.2, -0.15) is 0 Å². The number of nitrogens with one attached hydrogen (secondary N) is 2. The van der Waals surface area contributed by atoms with Crippen molar-refractivity contribution in [2.75, 3.05) is 24.5 Å². The number of benzene rings is 1. The Balaban J connectivity index is 1.67. The molecule has 1 heterocycles. The Hall–Kier alpha value is -1.60. The molecule has 6 nitrogen and oxygen atoms in total. The van der Waals surface area contributed by atoms with E-state index in [2.05, 4.69) is 16.1 Å². The maximum atomic E-state index is 13.0. The van der Waals surface area contributed by atoms with Crippen LogP contribution in [0.15, 0.2) is 6.07 Å². The van der Waals surface area contributed by atoms with E-state index in [0.717, 1.165) is 44.2 Å². The molecule has 26 heavy (non-hydrogen) atoms. The van der Waals surface area contributed by atoms with Crippen molar-refractivity contribution < 1.29 is 13.2 Å². The van der Waals surface area contributed by atoms with E-state index in [9.17, 15) is 13.2 Å². The van der Waals surface area contributed by atoms with Crippen molar-refractivity contribution in [1.82, 2.24) is 10.0 Å². The van der Waals surface area contributed by atoms with E-state index in [1.54, 1.807) is 4.90 Å². The predicted octanol–water partition coefficient (Wildman–Crippen LogP) is 1.89. The smallest absolute Gasteiger partial charge is 0.315 e. The fourth-order valence-corrected chi connectivity index (χ4v) is 5.95. The molecule has 1 aliphatic heterocycles. The van der Waals surface area contributed by atoms with Crippen molar-refractivity contribution in [3.05, 3.63) is 28.3 Å². The first-order valence-electron chi connectivity index (χ1n) is 9.71. The number of hydrogen-bond donors (Lipinski definition) is 2. The molecule has 2 aliphatic carbocycles. The average molecular weight is 378 g/mol. The first-order valence-corrected chi connectivity index (χ1v) is 11.3. The van der Waals surface area contributed by atoms with E-state index in [4.69, 9.17) is 0 Å². The zero-order valence-electron chi connectivity index (χ0n) is 15.3. The Morgan fingerprint density at radius 3 is 2.38 bits per heavy atom. The van der Waals surface area contributed by atoms with Crippen LogP contribution in [0.5, 0.6) is 0 Å². The molecule has 0 radical (unpaired) electrons. The standard InChI is InChI=1S/C19H27N3O3S/c1-2-22(19(23)21-26(24,25)15-9-10-20-12-15)18-16-7-3-5-13(16)11-14-6-4-8-17(14)18/h11,15,20H,2-10,12H2,1H3,(H,21,23). The molecule has 1 atom stereocenters. The maximum Gasteiger partial charge on any atom is 0.335 e. The van der Waals surface area contributed by atoms with E-state index in [-0.39, 0.29) is 0 Å². The summed E-state index contributed by atoms with van der Waals surface area (Å²) in [5.74, 6) is 0. The van der Waals surface area contributed by atoms with Crippen molar-refractivity contribution in [2.45, 2.75) is 57.1 Å². The molecule has 0 bridgehead atoms. The molecule has 142 valence electrons. The Bertz CT molecular complexity index is 797. The topological polar surface area (TPSA) is 78.5 Å². The molecule has 7 heteroatoms. The van der Waals surface area contributed by atoms with Crippen molar-refractivity contribution in [2.24, 2.45) is 0 Å². The number of urea groups is 1. The van der Waals surface area contributed by atoms with E-state index in [1.165, 1.54) is 22.3 Å². The van der Waals surface area contributed by atoms with Gasteiger partial charge in [-0.15, -0.1) is 0 Å². The van der Waals surface area contributed by atoms with Crippen molar-refractivity contribution in [3.63, 3.8) is 0 Å². The summed E-state index contributed by atoms with van der Waals surface area (Å²) in [6.45, 7) is 3.47. The zero-order chi connectivity index (χ0) is 18.3. The number of aryl methyl sites for hydroxylation is 2. The van der Waals surface area contributed by atoms with E-state index >= 15 is 0 Å². The van der Waals surface area contributed by atoms with Crippen LogP contribution in [0.4, 0.5) is 10.5 Å². The molecule has 3 aliphatic rings. The molecule has 1 unspecified atom stereocenters. The second-order valence-corrected chi connectivity index (χ2v) is 9.48. The fourth-order valence-electron chi connectivity index (χ4n) is 4.67. The third kappa shape index (κ3) is 3.01. The van der Waals surface area contributed by atoms with Gasteiger partial charge in [0.05, 0.1) is 10.9 Å². The summed E-state index contributed by atoms with van der Waals surface area (Å²) >= 11 is 0. The molecule has 1 saturated heterocycles. The van der Waals surface area contributed by atoms with E-state index in [0.29, 0.717) is 26.1 Å². The van der Waals surface area contributed by atoms with Gasteiger partial charge in [-0.1, -0.05) is 6.07 Å². The van der Waals surface area contributed by atoms with E-state index < -0.39 is 21.3 Å².